The van der Waals surface area contributed by atoms with Crippen molar-refractivity contribution in [2.24, 2.45) is 0 Å². The SMILES string of the molecule is C[C@]1(c2ccccc2Br)NC(=O)N(Cc2cccc(Cl)c2)C1=O. The summed E-state index contributed by atoms with van der Waals surface area (Å²) < 4.78 is 0.778. The second kappa shape index (κ2) is 5.98. The number of imide groups is 1. The van der Waals surface area contributed by atoms with Crippen molar-refractivity contribution in [3.8, 4) is 0 Å². The van der Waals surface area contributed by atoms with Crippen LogP contribution in [0.1, 0.15) is 18.1 Å². The summed E-state index contributed by atoms with van der Waals surface area (Å²) in [6, 6.07) is 14.1. The minimum Gasteiger partial charge on any atom is -0.319 e. The van der Waals surface area contributed by atoms with Crippen LogP contribution in [-0.4, -0.2) is 16.8 Å². The molecule has 0 radical (unpaired) electrons. The third kappa shape index (κ3) is 2.86. The van der Waals surface area contributed by atoms with Gasteiger partial charge < -0.3 is 5.32 Å². The monoisotopic (exact) mass is 392 g/mol. The van der Waals surface area contributed by atoms with Gasteiger partial charge in [0.05, 0.1) is 6.54 Å². The first-order valence-corrected chi connectivity index (χ1v) is 8.22. The molecule has 1 atom stereocenters. The van der Waals surface area contributed by atoms with E-state index in [1.165, 1.54) is 4.90 Å². The fourth-order valence-electron chi connectivity index (χ4n) is 2.71. The lowest BCUT2D eigenvalue weighted by Crippen LogP contribution is -2.41. The van der Waals surface area contributed by atoms with Gasteiger partial charge in [-0.1, -0.05) is 57.9 Å². The maximum absolute atomic E-state index is 12.9. The van der Waals surface area contributed by atoms with Crippen LogP contribution in [0.5, 0.6) is 0 Å². The van der Waals surface area contributed by atoms with Crippen molar-refractivity contribution in [2.75, 3.05) is 0 Å². The number of rotatable bonds is 3. The second-order valence-corrected chi connectivity index (χ2v) is 6.85. The van der Waals surface area contributed by atoms with E-state index in [1.807, 2.05) is 30.3 Å². The molecule has 0 aliphatic carbocycles. The summed E-state index contributed by atoms with van der Waals surface area (Å²) in [5.41, 5.74) is 0.444. The van der Waals surface area contributed by atoms with Gasteiger partial charge in [0, 0.05) is 15.1 Å². The quantitative estimate of drug-likeness (QED) is 0.799. The van der Waals surface area contributed by atoms with Crippen LogP contribution < -0.4 is 5.32 Å². The number of nitrogens with one attached hydrogen (secondary N) is 1. The Kier molecular flexibility index (Phi) is 4.17. The largest absolute Gasteiger partial charge is 0.325 e. The van der Waals surface area contributed by atoms with Crippen molar-refractivity contribution in [3.05, 3.63) is 69.2 Å². The van der Waals surface area contributed by atoms with E-state index >= 15 is 0 Å². The molecular weight excluding hydrogens is 380 g/mol. The predicted molar refractivity (Wildman–Crippen MR) is 92.0 cm³/mol. The highest BCUT2D eigenvalue weighted by Crippen LogP contribution is 2.34. The number of halogens is 2. The molecular formula is C17H14BrClN2O2. The van der Waals surface area contributed by atoms with Crippen LogP contribution in [0.2, 0.25) is 5.02 Å². The van der Waals surface area contributed by atoms with Gasteiger partial charge in [-0.2, -0.15) is 0 Å². The van der Waals surface area contributed by atoms with Crippen molar-refractivity contribution >= 4 is 39.5 Å². The Morgan fingerprint density at radius 1 is 1.17 bits per heavy atom. The first-order valence-electron chi connectivity index (χ1n) is 7.05. The van der Waals surface area contributed by atoms with Crippen molar-refractivity contribution in [2.45, 2.75) is 19.0 Å². The number of carbonyl (C=O) groups excluding carboxylic acids is 2. The molecule has 0 spiro atoms. The Balaban J connectivity index is 1.92. The standard InChI is InChI=1S/C17H14BrClN2O2/c1-17(13-7-2-3-8-14(13)18)15(22)21(16(23)20-17)10-11-5-4-6-12(19)9-11/h2-9H,10H2,1H3,(H,20,23)/t17-/m1/s1. The minimum atomic E-state index is -1.09. The van der Waals surface area contributed by atoms with Gasteiger partial charge >= 0.3 is 6.03 Å². The van der Waals surface area contributed by atoms with Gasteiger partial charge in [-0.15, -0.1) is 0 Å². The maximum Gasteiger partial charge on any atom is 0.325 e. The highest BCUT2D eigenvalue weighted by atomic mass is 79.9. The third-order valence-corrected chi connectivity index (χ3v) is 4.84. The van der Waals surface area contributed by atoms with Gasteiger partial charge in [-0.3, -0.25) is 9.69 Å². The van der Waals surface area contributed by atoms with Gasteiger partial charge in [-0.05, 0) is 30.7 Å². The topological polar surface area (TPSA) is 49.4 Å². The molecule has 2 aromatic carbocycles. The number of amides is 3. The van der Waals surface area contributed by atoms with Crippen molar-refractivity contribution < 1.29 is 9.59 Å². The van der Waals surface area contributed by atoms with Gasteiger partial charge in [0.1, 0.15) is 5.54 Å². The summed E-state index contributed by atoms with van der Waals surface area (Å²) in [5, 5.41) is 3.37. The molecule has 3 amide bonds. The summed E-state index contributed by atoms with van der Waals surface area (Å²) in [4.78, 5) is 26.4. The molecule has 1 heterocycles. The molecule has 1 aliphatic rings. The summed E-state index contributed by atoms with van der Waals surface area (Å²) in [5.74, 6) is -0.283. The fraction of sp³-hybridized carbons (Fsp3) is 0.176. The van der Waals surface area contributed by atoms with Gasteiger partial charge in [0.25, 0.3) is 5.91 Å². The Morgan fingerprint density at radius 2 is 1.91 bits per heavy atom. The molecule has 6 heteroatoms. The molecule has 4 nitrogen and oxygen atoms in total. The van der Waals surface area contributed by atoms with E-state index in [-0.39, 0.29) is 12.5 Å². The molecule has 0 unspecified atom stereocenters. The summed E-state index contributed by atoms with van der Waals surface area (Å²) in [6.45, 7) is 1.90. The zero-order chi connectivity index (χ0) is 16.6. The van der Waals surface area contributed by atoms with Crippen LogP contribution in [0, 0.1) is 0 Å². The summed E-state index contributed by atoms with van der Waals surface area (Å²) >= 11 is 9.41. The van der Waals surface area contributed by atoms with Gasteiger partial charge in [0.2, 0.25) is 0 Å². The smallest absolute Gasteiger partial charge is 0.319 e. The first kappa shape index (κ1) is 16.0. The van der Waals surface area contributed by atoms with Crippen molar-refractivity contribution in [1.29, 1.82) is 0 Å². The van der Waals surface area contributed by atoms with Crippen molar-refractivity contribution in [3.63, 3.8) is 0 Å². The highest BCUT2D eigenvalue weighted by molar-refractivity contribution is 9.10. The molecule has 0 saturated carbocycles. The van der Waals surface area contributed by atoms with E-state index in [4.69, 9.17) is 11.6 Å². The van der Waals surface area contributed by atoms with Gasteiger partial charge in [0.15, 0.2) is 0 Å². The molecule has 23 heavy (non-hydrogen) atoms. The fourth-order valence-corrected chi connectivity index (χ4v) is 3.60. The van der Waals surface area contributed by atoms with E-state index in [0.29, 0.717) is 5.02 Å². The van der Waals surface area contributed by atoms with Crippen LogP contribution in [0.3, 0.4) is 0 Å². The van der Waals surface area contributed by atoms with Crippen LogP contribution in [-0.2, 0) is 16.9 Å². The lowest BCUT2D eigenvalue weighted by Gasteiger charge is -2.23. The third-order valence-electron chi connectivity index (χ3n) is 3.92. The minimum absolute atomic E-state index is 0.186. The van der Waals surface area contributed by atoms with E-state index in [0.717, 1.165) is 15.6 Å². The van der Waals surface area contributed by atoms with E-state index < -0.39 is 11.6 Å². The molecule has 3 rings (SSSR count). The average molecular weight is 394 g/mol. The number of hydrogen-bond donors (Lipinski definition) is 1. The second-order valence-electron chi connectivity index (χ2n) is 5.56. The Hall–Kier alpha value is -1.85. The molecule has 1 N–H and O–H groups in total. The average Bonchev–Trinajstić information content (AvgIpc) is 2.72. The zero-order valence-corrected chi connectivity index (χ0v) is 14.7. The lowest BCUT2D eigenvalue weighted by atomic mass is 9.92. The molecule has 2 aromatic rings. The van der Waals surface area contributed by atoms with Gasteiger partial charge in [-0.25, -0.2) is 4.79 Å². The lowest BCUT2D eigenvalue weighted by molar-refractivity contribution is -0.131. The molecule has 1 fully saturated rings. The number of carbonyl (C=O) groups is 2. The molecule has 118 valence electrons. The van der Waals surface area contributed by atoms with Crippen LogP contribution in [0.25, 0.3) is 0 Å². The Bertz CT molecular complexity index is 796. The molecule has 1 aliphatic heterocycles. The number of nitrogens with zero attached hydrogens (tertiary/aromatic N) is 1. The number of benzene rings is 2. The highest BCUT2D eigenvalue weighted by Gasteiger charge is 2.49. The van der Waals surface area contributed by atoms with Crippen molar-refractivity contribution in [1.82, 2.24) is 10.2 Å². The molecule has 0 aromatic heterocycles. The van der Waals surface area contributed by atoms with Crippen LogP contribution >= 0.6 is 27.5 Å². The Labute approximate surface area is 147 Å². The molecule has 0 bridgehead atoms. The number of urea groups is 1. The maximum atomic E-state index is 12.9. The number of hydrogen-bond acceptors (Lipinski definition) is 2. The van der Waals surface area contributed by atoms with E-state index in [9.17, 15) is 9.59 Å². The molecule has 1 saturated heterocycles. The summed E-state index contributed by atoms with van der Waals surface area (Å²) in [7, 11) is 0. The van der Waals surface area contributed by atoms with Crippen LogP contribution in [0.15, 0.2) is 53.0 Å². The zero-order valence-electron chi connectivity index (χ0n) is 12.3. The normalized spacial score (nSPS) is 20.7. The summed E-state index contributed by atoms with van der Waals surface area (Å²) in [6.07, 6.45) is 0. The first-order chi connectivity index (χ1) is 10.9. The van der Waals surface area contributed by atoms with E-state index in [1.54, 1.807) is 25.1 Å². The predicted octanol–water partition coefficient (Wildman–Crippen LogP) is 4.07. The van der Waals surface area contributed by atoms with Crippen LogP contribution in [0.4, 0.5) is 4.79 Å². The van der Waals surface area contributed by atoms with E-state index in [2.05, 4.69) is 21.2 Å². The Morgan fingerprint density at radius 3 is 2.61 bits per heavy atom.